The van der Waals surface area contributed by atoms with Crippen LogP contribution in [0.2, 0.25) is 0 Å². The standard InChI is InChI=1S/C35H45N3O7/c1-3-13-29(23-31(40)38(21-22-39)24-27-15-7-5-8-16-27)32(41)37-35(19-11-12-20-35)26-45-33(42)30(14-4-2)36-34(43)44-25-28-17-9-6-10-18-28/h3-10,15-18,29-30,39H,1-2,11-14,19-26H2,(H,36,43)(H,37,41)/t29-,30+/m0/s1. The van der Waals surface area contributed by atoms with Crippen LogP contribution in [0, 0.1) is 5.92 Å². The molecule has 2 aromatic carbocycles. The third kappa shape index (κ3) is 11.5. The van der Waals surface area contributed by atoms with Gasteiger partial charge in [0.2, 0.25) is 11.8 Å². The zero-order valence-electron chi connectivity index (χ0n) is 25.8. The first kappa shape index (κ1) is 35.0. The lowest BCUT2D eigenvalue weighted by Gasteiger charge is -2.32. The average molecular weight is 620 g/mol. The number of benzene rings is 2. The van der Waals surface area contributed by atoms with Gasteiger partial charge in [0.05, 0.1) is 18.1 Å². The van der Waals surface area contributed by atoms with Crippen LogP contribution in [0.25, 0.3) is 0 Å². The Hall–Kier alpha value is -4.44. The summed E-state index contributed by atoms with van der Waals surface area (Å²) in [5.41, 5.74) is 0.934. The molecule has 1 aliphatic carbocycles. The number of carbonyl (C=O) groups is 4. The second kappa shape index (κ2) is 18.4. The lowest BCUT2D eigenvalue weighted by atomic mass is 9.94. The Kier molecular flexibility index (Phi) is 14.3. The molecule has 3 N–H and O–H groups in total. The molecule has 0 bridgehead atoms. The minimum Gasteiger partial charge on any atom is -0.462 e. The highest BCUT2D eigenvalue weighted by molar-refractivity contribution is 5.86. The molecule has 0 spiro atoms. The largest absolute Gasteiger partial charge is 0.462 e. The highest BCUT2D eigenvalue weighted by atomic mass is 16.6. The van der Waals surface area contributed by atoms with E-state index in [4.69, 9.17) is 9.47 Å². The van der Waals surface area contributed by atoms with Crippen LogP contribution in [0.5, 0.6) is 0 Å². The van der Waals surface area contributed by atoms with E-state index in [2.05, 4.69) is 23.8 Å². The highest BCUT2D eigenvalue weighted by Gasteiger charge is 2.39. The summed E-state index contributed by atoms with van der Waals surface area (Å²) in [6, 6.07) is 17.6. The maximum absolute atomic E-state index is 13.6. The van der Waals surface area contributed by atoms with Gasteiger partial charge in [0.15, 0.2) is 0 Å². The van der Waals surface area contributed by atoms with Crippen LogP contribution >= 0.6 is 0 Å². The molecular formula is C35H45N3O7. The van der Waals surface area contributed by atoms with Crippen LogP contribution in [-0.2, 0) is 37.0 Å². The zero-order chi connectivity index (χ0) is 32.5. The number of aliphatic hydroxyl groups is 1. The van der Waals surface area contributed by atoms with Gasteiger partial charge in [0.1, 0.15) is 19.3 Å². The van der Waals surface area contributed by atoms with Crippen LogP contribution in [0.15, 0.2) is 86.0 Å². The molecule has 242 valence electrons. The van der Waals surface area contributed by atoms with Crippen LogP contribution in [0.4, 0.5) is 4.79 Å². The van der Waals surface area contributed by atoms with E-state index >= 15 is 0 Å². The molecular weight excluding hydrogens is 574 g/mol. The van der Waals surface area contributed by atoms with Crippen molar-refractivity contribution in [2.24, 2.45) is 5.92 Å². The average Bonchev–Trinajstić information content (AvgIpc) is 3.51. The van der Waals surface area contributed by atoms with E-state index in [9.17, 15) is 24.3 Å². The second-order valence-corrected chi connectivity index (χ2v) is 11.3. The molecule has 0 saturated heterocycles. The molecule has 10 nitrogen and oxygen atoms in total. The van der Waals surface area contributed by atoms with Gasteiger partial charge in [0, 0.05) is 19.5 Å². The quantitative estimate of drug-likeness (QED) is 0.166. The summed E-state index contributed by atoms with van der Waals surface area (Å²) < 4.78 is 10.9. The van der Waals surface area contributed by atoms with Gasteiger partial charge in [-0.3, -0.25) is 9.59 Å². The van der Waals surface area contributed by atoms with Gasteiger partial charge in [-0.15, -0.1) is 13.2 Å². The van der Waals surface area contributed by atoms with Crippen molar-refractivity contribution in [3.63, 3.8) is 0 Å². The Balaban J connectivity index is 1.60. The van der Waals surface area contributed by atoms with E-state index in [0.717, 1.165) is 24.0 Å². The van der Waals surface area contributed by atoms with E-state index in [-0.39, 0.29) is 57.4 Å². The Morgan fingerprint density at radius 2 is 1.53 bits per heavy atom. The number of alkyl carbamates (subject to hydrolysis) is 1. The molecule has 2 aromatic rings. The van der Waals surface area contributed by atoms with E-state index < -0.39 is 29.6 Å². The fourth-order valence-electron chi connectivity index (χ4n) is 5.36. The van der Waals surface area contributed by atoms with Crippen molar-refractivity contribution in [3.05, 3.63) is 97.1 Å². The molecule has 1 aliphatic rings. The molecule has 0 radical (unpaired) electrons. The fourth-order valence-corrected chi connectivity index (χ4v) is 5.36. The van der Waals surface area contributed by atoms with Crippen molar-refractivity contribution in [1.29, 1.82) is 0 Å². The zero-order valence-corrected chi connectivity index (χ0v) is 25.8. The summed E-state index contributed by atoms with van der Waals surface area (Å²) >= 11 is 0. The van der Waals surface area contributed by atoms with Gasteiger partial charge in [-0.1, -0.05) is 85.7 Å². The first-order valence-corrected chi connectivity index (χ1v) is 15.4. The number of allylic oxidation sites excluding steroid dienone is 1. The summed E-state index contributed by atoms with van der Waals surface area (Å²) in [5.74, 6) is -1.92. The molecule has 0 aliphatic heterocycles. The fraction of sp³-hybridized carbons (Fsp3) is 0.429. The Morgan fingerprint density at radius 3 is 2.13 bits per heavy atom. The van der Waals surface area contributed by atoms with Crippen LogP contribution in [0.1, 0.15) is 56.1 Å². The predicted octanol–water partition coefficient (Wildman–Crippen LogP) is 4.43. The number of ether oxygens (including phenoxy) is 2. The molecule has 0 unspecified atom stereocenters. The molecule has 2 atom stereocenters. The van der Waals surface area contributed by atoms with Gasteiger partial charge < -0.3 is 30.1 Å². The minimum absolute atomic E-state index is 0.0517. The van der Waals surface area contributed by atoms with Crippen molar-refractivity contribution in [2.75, 3.05) is 19.8 Å². The number of nitrogens with zero attached hydrogens (tertiary/aromatic N) is 1. The number of amides is 3. The van der Waals surface area contributed by atoms with Gasteiger partial charge in [0.25, 0.3) is 0 Å². The Bertz CT molecular complexity index is 1260. The highest BCUT2D eigenvalue weighted by Crippen LogP contribution is 2.31. The van der Waals surface area contributed by atoms with Crippen LogP contribution < -0.4 is 10.6 Å². The summed E-state index contributed by atoms with van der Waals surface area (Å²) in [5, 5.41) is 15.2. The minimum atomic E-state index is -1.01. The van der Waals surface area contributed by atoms with E-state index in [1.807, 2.05) is 60.7 Å². The molecule has 3 rings (SSSR count). The summed E-state index contributed by atoms with van der Waals surface area (Å²) in [6.07, 6.45) is 5.59. The molecule has 0 heterocycles. The van der Waals surface area contributed by atoms with Crippen molar-refractivity contribution in [1.82, 2.24) is 15.5 Å². The third-order valence-electron chi connectivity index (χ3n) is 7.81. The van der Waals surface area contributed by atoms with Crippen molar-refractivity contribution >= 4 is 23.9 Å². The molecule has 3 amide bonds. The molecule has 0 aromatic heterocycles. The van der Waals surface area contributed by atoms with Crippen molar-refractivity contribution in [3.8, 4) is 0 Å². The second-order valence-electron chi connectivity index (χ2n) is 11.3. The smallest absolute Gasteiger partial charge is 0.408 e. The lowest BCUT2D eigenvalue weighted by Crippen LogP contribution is -2.53. The number of rotatable bonds is 18. The van der Waals surface area contributed by atoms with Gasteiger partial charge in [-0.05, 0) is 36.8 Å². The Morgan fingerprint density at radius 1 is 0.911 bits per heavy atom. The molecule has 1 fully saturated rings. The number of carbonyl (C=O) groups excluding carboxylic acids is 4. The first-order valence-electron chi connectivity index (χ1n) is 15.4. The monoisotopic (exact) mass is 619 g/mol. The van der Waals surface area contributed by atoms with Crippen LogP contribution in [0.3, 0.4) is 0 Å². The molecule has 10 heteroatoms. The van der Waals surface area contributed by atoms with E-state index in [1.165, 1.54) is 6.08 Å². The van der Waals surface area contributed by atoms with Crippen molar-refractivity contribution in [2.45, 2.75) is 69.7 Å². The molecule has 1 saturated carbocycles. The predicted molar refractivity (Wildman–Crippen MR) is 171 cm³/mol. The van der Waals surface area contributed by atoms with Crippen molar-refractivity contribution < 1.29 is 33.8 Å². The summed E-state index contributed by atoms with van der Waals surface area (Å²) in [6.45, 7) is 7.69. The van der Waals surface area contributed by atoms with Gasteiger partial charge in [-0.2, -0.15) is 0 Å². The normalized spacial score (nSPS) is 14.8. The van der Waals surface area contributed by atoms with Gasteiger partial charge >= 0.3 is 12.1 Å². The van der Waals surface area contributed by atoms with Gasteiger partial charge in [-0.25, -0.2) is 9.59 Å². The third-order valence-corrected chi connectivity index (χ3v) is 7.81. The number of hydrogen-bond donors (Lipinski definition) is 3. The number of hydrogen-bond acceptors (Lipinski definition) is 7. The SMILES string of the molecule is C=CC[C@@H](CC(=O)N(CCO)Cc1ccccc1)C(=O)NC1(COC(=O)[C@@H](CC=C)NC(=O)OCc2ccccc2)CCCC1. The Labute approximate surface area is 265 Å². The first-order chi connectivity index (χ1) is 21.8. The number of aliphatic hydroxyl groups excluding tert-OH is 1. The maximum atomic E-state index is 13.6. The molecule has 45 heavy (non-hydrogen) atoms. The van der Waals surface area contributed by atoms with E-state index in [0.29, 0.717) is 19.4 Å². The number of esters is 1. The topological polar surface area (TPSA) is 134 Å². The summed E-state index contributed by atoms with van der Waals surface area (Å²) in [4.78, 5) is 53.9. The van der Waals surface area contributed by atoms with E-state index in [1.54, 1.807) is 11.0 Å². The van der Waals surface area contributed by atoms with Crippen LogP contribution in [-0.4, -0.2) is 65.2 Å². The number of nitrogens with one attached hydrogen (secondary N) is 2. The lowest BCUT2D eigenvalue weighted by molar-refractivity contribution is -0.149. The maximum Gasteiger partial charge on any atom is 0.408 e. The summed E-state index contributed by atoms with van der Waals surface area (Å²) in [7, 11) is 0.